The van der Waals surface area contributed by atoms with Crippen molar-refractivity contribution in [2.75, 3.05) is 6.61 Å². The Hall–Kier alpha value is -2.29. The number of ether oxygens (including phenoxy) is 2. The number of carbonyl (C=O) groups excluding carboxylic acids is 1. The summed E-state index contributed by atoms with van der Waals surface area (Å²) in [6.07, 6.45) is 0. The fourth-order valence-electron chi connectivity index (χ4n) is 1.67. The van der Waals surface area contributed by atoms with Gasteiger partial charge in [-0.05, 0) is 30.2 Å². The van der Waals surface area contributed by atoms with E-state index in [1.165, 1.54) is 0 Å². The molecule has 0 amide bonds. The number of rotatable bonds is 5. The number of hydrogen-bond donors (Lipinski definition) is 0. The smallest absolute Gasteiger partial charge is 0.347 e. The summed E-state index contributed by atoms with van der Waals surface area (Å²) in [6, 6.07) is 16.1. The summed E-state index contributed by atoms with van der Waals surface area (Å²) >= 11 is 0. The van der Waals surface area contributed by atoms with E-state index in [2.05, 4.69) is 13.8 Å². The summed E-state index contributed by atoms with van der Waals surface area (Å²) in [5.41, 5.74) is 0.442. The van der Waals surface area contributed by atoms with E-state index in [1.807, 2.05) is 24.3 Å². The van der Waals surface area contributed by atoms with Crippen molar-refractivity contribution in [3.05, 3.63) is 60.2 Å². The van der Waals surface area contributed by atoms with Crippen LogP contribution in [0.5, 0.6) is 11.5 Å². The van der Waals surface area contributed by atoms with Gasteiger partial charge in [-0.25, -0.2) is 4.79 Å². The zero-order valence-electron chi connectivity index (χ0n) is 11.7. The fourth-order valence-corrected chi connectivity index (χ4v) is 1.67. The van der Waals surface area contributed by atoms with Crippen molar-refractivity contribution < 1.29 is 14.3 Å². The first kappa shape index (κ1) is 14.1. The van der Waals surface area contributed by atoms with Gasteiger partial charge in [0.25, 0.3) is 0 Å². The highest BCUT2D eigenvalue weighted by Crippen LogP contribution is 2.21. The van der Waals surface area contributed by atoms with Gasteiger partial charge in [0.15, 0.2) is 0 Å². The molecule has 0 heterocycles. The summed E-state index contributed by atoms with van der Waals surface area (Å²) in [7, 11) is 0. The highest BCUT2D eigenvalue weighted by atomic mass is 16.5. The van der Waals surface area contributed by atoms with Crippen molar-refractivity contribution in [1.29, 1.82) is 0 Å². The van der Waals surface area contributed by atoms with Gasteiger partial charge in [-0.3, -0.25) is 0 Å². The minimum absolute atomic E-state index is 0.396. The number of esters is 1. The van der Waals surface area contributed by atoms with Crippen LogP contribution in [0, 0.1) is 5.92 Å². The molecule has 3 heteroatoms. The largest absolute Gasteiger partial charge is 0.492 e. The van der Waals surface area contributed by atoms with Crippen LogP contribution in [0.3, 0.4) is 0 Å². The van der Waals surface area contributed by atoms with E-state index < -0.39 is 5.97 Å². The molecule has 0 saturated heterocycles. The molecule has 0 fully saturated rings. The van der Waals surface area contributed by atoms with Gasteiger partial charge in [0.2, 0.25) is 0 Å². The van der Waals surface area contributed by atoms with Gasteiger partial charge < -0.3 is 9.47 Å². The normalized spacial score (nSPS) is 10.3. The monoisotopic (exact) mass is 270 g/mol. The molecule has 0 aliphatic rings. The number of para-hydroxylation sites is 2. The lowest BCUT2D eigenvalue weighted by Crippen LogP contribution is -2.12. The lowest BCUT2D eigenvalue weighted by atomic mass is 10.2. The average Bonchev–Trinajstić information content (AvgIpc) is 2.46. The second-order valence-electron chi connectivity index (χ2n) is 4.90. The average molecular weight is 270 g/mol. The predicted molar refractivity (Wildman–Crippen MR) is 78.2 cm³/mol. The van der Waals surface area contributed by atoms with Gasteiger partial charge in [0.1, 0.15) is 17.1 Å². The fraction of sp³-hybridized carbons (Fsp3) is 0.235. The standard InChI is InChI=1S/C17H18O3/c1-13(2)12-19-16-11-7-6-10-15(16)17(18)20-14-8-4-3-5-9-14/h3-11,13H,12H2,1-2H3. The second kappa shape index (κ2) is 6.75. The third-order valence-corrected chi connectivity index (χ3v) is 2.63. The lowest BCUT2D eigenvalue weighted by molar-refractivity contribution is 0.0729. The molecule has 3 nitrogen and oxygen atoms in total. The minimum atomic E-state index is -0.407. The Bertz CT molecular complexity index is 561. The molecule has 2 rings (SSSR count). The van der Waals surface area contributed by atoms with Crippen LogP contribution in [0.2, 0.25) is 0 Å². The predicted octanol–water partition coefficient (Wildman–Crippen LogP) is 3.94. The highest BCUT2D eigenvalue weighted by molar-refractivity contribution is 5.93. The van der Waals surface area contributed by atoms with Crippen LogP contribution in [0.1, 0.15) is 24.2 Å². The Kier molecular flexibility index (Phi) is 4.77. The van der Waals surface area contributed by atoms with Gasteiger partial charge in [0, 0.05) is 0 Å². The molecule has 0 unspecified atom stereocenters. The maximum absolute atomic E-state index is 12.2. The van der Waals surface area contributed by atoms with Crippen LogP contribution in [0.4, 0.5) is 0 Å². The molecule has 0 aliphatic carbocycles. The number of carbonyl (C=O) groups is 1. The second-order valence-corrected chi connectivity index (χ2v) is 4.90. The topological polar surface area (TPSA) is 35.5 Å². The van der Waals surface area contributed by atoms with Crippen molar-refractivity contribution in [2.45, 2.75) is 13.8 Å². The van der Waals surface area contributed by atoms with Crippen molar-refractivity contribution in [3.8, 4) is 11.5 Å². The maximum Gasteiger partial charge on any atom is 0.347 e. The Morgan fingerprint density at radius 3 is 2.35 bits per heavy atom. The van der Waals surface area contributed by atoms with Crippen molar-refractivity contribution in [3.63, 3.8) is 0 Å². The summed E-state index contributed by atoms with van der Waals surface area (Å²) in [5, 5.41) is 0. The summed E-state index contributed by atoms with van der Waals surface area (Å²) in [4.78, 5) is 12.2. The van der Waals surface area contributed by atoms with Crippen LogP contribution >= 0.6 is 0 Å². The van der Waals surface area contributed by atoms with E-state index >= 15 is 0 Å². The molecule has 0 radical (unpaired) electrons. The first-order valence-corrected chi connectivity index (χ1v) is 6.66. The summed E-state index contributed by atoms with van der Waals surface area (Å²) < 4.78 is 11.0. The van der Waals surface area contributed by atoms with Crippen molar-refractivity contribution >= 4 is 5.97 Å². The van der Waals surface area contributed by atoms with E-state index in [1.54, 1.807) is 30.3 Å². The van der Waals surface area contributed by atoms with E-state index in [4.69, 9.17) is 9.47 Å². The van der Waals surface area contributed by atoms with Gasteiger partial charge >= 0.3 is 5.97 Å². The third-order valence-electron chi connectivity index (χ3n) is 2.63. The van der Waals surface area contributed by atoms with Gasteiger partial charge in [-0.2, -0.15) is 0 Å². The molecule has 0 N–H and O–H groups in total. The summed E-state index contributed by atoms with van der Waals surface area (Å²) in [5.74, 6) is 1.07. The third kappa shape index (κ3) is 3.85. The van der Waals surface area contributed by atoms with Crippen molar-refractivity contribution in [1.82, 2.24) is 0 Å². The van der Waals surface area contributed by atoms with E-state index in [-0.39, 0.29) is 0 Å². The first-order chi connectivity index (χ1) is 9.66. The van der Waals surface area contributed by atoms with Crippen molar-refractivity contribution in [2.24, 2.45) is 5.92 Å². The SMILES string of the molecule is CC(C)COc1ccccc1C(=O)Oc1ccccc1. The van der Waals surface area contributed by atoms with Crippen LogP contribution in [-0.2, 0) is 0 Å². The van der Waals surface area contributed by atoms with E-state index in [0.717, 1.165) is 0 Å². The Morgan fingerprint density at radius 2 is 1.65 bits per heavy atom. The molecule has 0 atom stereocenters. The zero-order valence-corrected chi connectivity index (χ0v) is 11.7. The Labute approximate surface area is 119 Å². The minimum Gasteiger partial charge on any atom is -0.492 e. The lowest BCUT2D eigenvalue weighted by Gasteiger charge is -2.12. The molecule has 0 spiro atoms. The van der Waals surface area contributed by atoms with Crippen LogP contribution in [0.25, 0.3) is 0 Å². The molecule has 2 aromatic rings. The summed E-state index contributed by atoms with van der Waals surface area (Å²) in [6.45, 7) is 4.69. The molecule has 20 heavy (non-hydrogen) atoms. The molecule has 2 aromatic carbocycles. The molecular weight excluding hydrogens is 252 g/mol. The van der Waals surface area contributed by atoms with Crippen LogP contribution in [0.15, 0.2) is 54.6 Å². The highest BCUT2D eigenvalue weighted by Gasteiger charge is 2.14. The van der Waals surface area contributed by atoms with Crippen LogP contribution in [-0.4, -0.2) is 12.6 Å². The van der Waals surface area contributed by atoms with E-state index in [9.17, 15) is 4.79 Å². The van der Waals surface area contributed by atoms with E-state index in [0.29, 0.717) is 29.6 Å². The molecule has 0 aromatic heterocycles. The Morgan fingerprint density at radius 1 is 1.00 bits per heavy atom. The maximum atomic E-state index is 12.2. The zero-order chi connectivity index (χ0) is 14.4. The Balaban J connectivity index is 2.13. The van der Waals surface area contributed by atoms with Gasteiger partial charge in [-0.15, -0.1) is 0 Å². The number of benzene rings is 2. The molecule has 0 saturated carbocycles. The first-order valence-electron chi connectivity index (χ1n) is 6.66. The van der Waals surface area contributed by atoms with Gasteiger partial charge in [0.05, 0.1) is 6.61 Å². The molecule has 104 valence electrons. The van der Waals surface area contributed by atoms with Crippen LogP contribution < -0.4 is 9.47 Å². The van der Waals surface area contributed by atoms with Gasteiger partial charge in [-0.1, -0.05) is 44.2 Å². The number of hydrogen-bond acceptors (Lipinski definition) is 3. The molecule has 0 aliphatic heterocycles. The molecule has 0 bridgehead atoms. The molecular formula is C17H18O3. The quantitative estimate of drug-likeness (QED) is 0.609.